The largest absolute Gasteiger partial charge is 0.493 e. The summed E-state index contributed by atoms with van der Waals surface area (Å²) in [6.07, 6.45) is 5.38. The van der Waals surface area contributed by atoms with Gasteiger partial charge in [-0.15, -0.1) is 12.6 Å². The third-order valence-electron chi connectivity index (χ3n) is 4.06. The zero-order chi connectivity index (χ0) is 16.4. The van der Waals surface area contributed by atoms with Gasteiger partial charge in [0.2, 0.25) is 0 Å². The Labute approximate surface area is 145 Å². The van der Waals surface area contributed by atoms with E-state index < -0.39 is 0 Å². The Morgan fingerprint density at radius 3 is 2.54 bits per heavy atom. The predicted octanol–water partition coefficient (Wildman–Crippen LogP) is 1.69. The minimum atomic E-state index is -0.255. The van der Waals surface area contributed by atoms with Gasteiger partial charge in [0, 0.05) is 13.2 Å². The van der Waals surface area contributed by atoms with Crippen LogP contribution < -0.4 is 5.46 Å². The van der Waals surface area contributed by atoms with E-state index in [-0.39, 0.29) is 7.12 Å². The maximum Gasteiger partial charge on any atom is 0.493 e. The highest BCUT2D eigenvalue weighted by Crippen LogP contribution is 2.16. The number of rotatable bonds is 3. The molecule has 0 spiro atoms. The van der Waals surface area contributed by atoms with Gasteiger partial charge in [0.05, 0.1) is 12.9 Å². The van der Waals surface area contributed by atoms with E-state index in [9.17, 15) is 0 Å². The summed E-state index contributed by atoms with van der Waals surface area (Å²) in [5, 5.41) is 0.594. The molecule has 1 fully saturated rings. The summed E-state index contributed by atoms with van der Waals surface area (Å²) in [4.78, 5) is 12.7. The van der Waals surface area contributed by atoms with E-state index in [1.807, 2.05) is 4.57 Å². The van der Waals surface area contributed by atoms with E-state index in [0.717, 1.165) is 48.2 Å². The minimum absolute atomic E-state index is 0.255. The van der Waals surface area contributed by atoms with Gasteiger partial charge in [-0.1, -0.05) is 24.3 Å². The van der Waals surface area contributed by atoms with E-state index in [4.69, 9.17) is 9.31 Å². The molecular formula is C16H17BN4O2S. The Hall–Kier alpha value is -1.90. The molecule has 0 unspecified atom stereocenters. The van der Waals surface area contributed by atoms with Crippen molar-refractivity contribution < 1.29 is 9.31 Å². The minimum Gasteiger partial charge on any atom is -0.407 e. The topological polar surface area (TPSA) is 62.1 Å². The van der Waals surface area contributed by atoms with Gasteiger partial charge in [-0.2, -0.15) is 0 Å². The molecule has 1 aromatic carbocycles. The fourth-order valence-corrected chi connectivity index (χ4v) is 3.00. The maximum atomic E-state index is 5.74. The molecule has 4 rings (SSSR count). The molecule has 6 nitrogen and oxygen atoms in total. The molecular weight excluding hydrogens is 323 g/mol. The molecule has 3 heterocycles. The van der Waals surface area contributed by atoms with Crippen LogP contribution >= 0.6 is 12.6 Å². The molecule has 0 aliphatic carbocycles. The Kier molecular flexibility index (Phi) is 4.51. The summed E-state index contributed by atoms with van der Waals surface area (Å²) in [5.74, 6) is 0. The molecule has 1 saturated heterocycles. The van der Waals surface area contributed by atoms with Crippen molar-refractivity contribution in [3.63, 3.8) is 0 Å². The van der Waals surface area contributed by atoms with Crippen LogP contribution in [0.4, 0.5) is 0 Å². The molecule has 8 heteroatoms. The molecule has 0 radical (unpaired) electrons. The normalized spacial score (nSPS) is 15.6. The molecule has 2 aromatic heterocycles. The van der Waals surface area contributed by atoms with Gasteiger partial charge >= 0.3 is 7.12 Å². The highest BCUT2D eigenvalue weighted by atomic mass is 32.1. The fraction of sp³-hybridized carbons (Fsp3) is 0.312. The predicted molar refractivity (Wildman–Crippen MR) is 94.6 cm³/mol. The van der Waals surface area contributed by atoms with Gasteiger partial charge in [-0.05, 0) is 23.9 Å². The van der Waals surface area contributed by atoms with Crippen molar-refractivity contribution in [3.05, 3.63) is 42.5 Å². The van der Waals surface area contributed by atoms with Gasteiger partial charge < -0.3 is 13.9 Å². The van der Waals surface area contributed by atoms with Crippen LogP contribution in [0, 0.1) is 0 Å². The summed E-state index contributed by atoms with van der Waals surface area (Å²) >= 11 is 4.32. The first-order valence-electron chi connectivity index (χ1n) is 7.98. The molecule has 0 saturated carbocycles. The lowest BCUT2D eigenvalue weighted by molar-refractivity contribution is 0.247. The van der Waals surface area contributed by atoms with Crippen LogP contribution in [0.3, 0.4) is 0 Å². The van der Waals surface area contributed by atoms with Crippen molar-refractivity contribution in [2.45, 2.75) is 24.4 Å². The van der Waals surface area contributed by atoms with Crippen LogP contribution in [-0.4, -0.2) is 39.9 Å². The van der Waals surface area contributed by atoms with Crippen molar-refractivity contribution in [2.24, 2.45) is 0 Å². The summed E-state index contributed by atoms with van der Waals surface area (Å²) in [7, 11) is -0.255. The van der Waals surface area contributed by atoms with Crippen LogP contribution in [0.25, 0.3) is 11.2 Å². The van der Waals surface area contributed by atoms with Gasteiger partial charge in [-0.25, -0.2) is 15.0 Å². The van der Waals surface area contributed by atoms with E-state index in [1.54, 1.807) is 6.33 Å². The smallest absolute Gasteiger partial charge is 0.407 e. The first-order valence-corrected chi connectivity index (χ1v) is 8.43. The number of hydrogen-bond donors (Lipinski definition) is 1. The second kappa shape index (κ2) is 6.92. The SMILES string of the molecule is Sc1ncnc2c1ncn2Cc1ccc(B2OCCCCO2)cc1. The summed E-state index contributed by atoms with van der Waals surface area (Å²) in [6, 6.07) is 8.29. The Bertz CT molecular complexity index is 832. The van der Waals surface area contributed by atoms with Crippen LogP contribution in [0.1, 0.15) is 18.4 Å². The Morgan fingerprint density at radius 2 is 1.79 bits per heavy atom. The van der Waals surface area contributed by atoms with Gasteiger partial charge in [0.1, 0.15) is 16.9 Å². The highest BCUT2D eigenvalue weighted by molar-refractivity contribution is 7.80. The van der Waals surface area contributed by atoms with Crippen molar-refractivity contribution in [3.8, 4) is 0 Å². The number of hydrogen-bond acceptors (Lipinski definition) is 6. The van der Waals surface area contributed by atoms with Crippen molar-refractivity contribution in [1.82, 2.24) is 19.5 Å². The third kappa shape index (κ3) is 3.17. The average Bonchev–Trinajstić information content (AvgIpc) is 2.83. The first-order chi connectivity index (χ1) is 11.8. The number of fused-ring (bicyclic) bond motifs is 1. The molecule has 0 bridgehead atoms. The van der Waals surface area contributed by atoms with E-state index in [2.05, 4.69) is 51.8 Å². The van der Waals surface area contributed by atoms with E-state index >= 15 is 0 Å². The van der Waals surface area contributed by atoms with Crippen molar-refractivity contribution in [1.29, 1.82) is 0 Å². The van der Waals surface area contributed by atoms with Crippen LogP contribution in [0.2, 0.25) is 0 Å². The number of imidazole rings is 1. The van der Waals surface area contributed by atoms with E-state index in [1.165, 1.54) is 6.33 Å². The lowest BCUT2D eigenvalue weighted by Gasteiger charge is -2.11. The van der Waals surface area contributed by atoms with E-state index in [0.29, 0.717) is 11.6 Å². The van der Waals surface area contributed by atoms with Gasteiger partial charge in [-0.3, -0.25) is 0 Å². The quantitative estimate of drug-likeness (QED) is 0.447. The molecule has 0 atom stereocenters. The Balaban J connectivity index is 1.53. The second-order valence-corrected chi connectivity index (χ2v) is 6.19. The lowest BCUT2D eigenvalue weighted by Crippen LogP contribution is -2.36. The number of aromatic nitrogens is 4. The van der Waals surface area contributed by atoms with Crippen molar-refractivity contribution in [2.75, 3.05) is 13.2 Å². The summed E-state index contributed by atoms with van der Waals surface area (Å²) < 4.78 is 13.5. The maximum absolute atomic E-state index is 5.74. The molecule has 0 N–H and O–H groups in total. The second-order valence-electron chi connectivity index (χ2n) is 5.76. The van der Waals surface area contributed by atoms with Crippen molar-refractivity contribution >= 4 is 36.4 Å². The lowest BCUT2D eigenvalue weighted by atomic mass is 9.78. The first kappa shape index (κ1) is 15.6. The standard InChI is InChI=1S/C16H17BN4O2S/c24-16-14-15(18-10-19-16)21(11-20-14)9-12-3-5-13(6-4-12)17-22-7-1-2-8-23-17/h3-6,10-11H,1-2,7-9H2,(H,18,19,24). The van der Waals surface area contributed by atoms with Crippen LogP contribution in [-0.2, 0) is 15.9 Å². The molecule has 0 amide bonds. The molecule has 3 aromatic rings. The average molecular weight is 340 g/mol. The van der Waals surface area contributed by atoms with Crippen LogP contribution in [0.15, 0.2) is 41.9 Å². The Morgan fingerprint density at radius 1 is 1.04 bits per heavy atom. The number of nitrogens with zero attached hydrogens (tertiary/aromatic N) is 4. The van der Waals surface area contributed by atoms with Gasteiger partial charge in [0.15, 0.2) is 5.65 Å². The number of benzene rings is 1. The molecule has 1 aliphatic heterocycles. The highest BCUT2D eigenvalue weighted by Gasteiger charge is 2.22. The van der Waals surface area contributed by atoms with Crippen LogP contribution in [0.5, 0.6) is 0 Å². The summed E-state index contributed by atoms with van der Waals surface area (Å²) in [6.45, 7) is 2.19. The zero-order valence-electron chi connectivity index (χ0n) is 13.1. The monoisotopic (exact) mass is 340 g/mol. The summed E-state index contributed by atoms with van der Waals surface area (Å²) in [5.41, 5.74) is 3.72. The third-order valence-corrected chi connectivity index (χ3v) is 4.39. The molecule has 1 aliphatic rings. The fourth-order valence-electron chi connectivity index (χ4n) is 2.79. The molecule has 24 heavy (non-hydrogen) atoms. The molecule has 122 valence electrons. The van der Waals surface area contributed by atoms with Gasteiger partial charge in [0.25, 0.3) is 0 Å². The zero-order valence-corrected chi connectivity index (χ0v) is 14.0. The number of thiol groups is 1.